The predicted molar refractivity (Wildman–Crippen MR) is 103 cm³/mol. The number of para-hydroxylation sites is 1. The lowest BCUT2D eigenvalue weighted by Gasteiger charge is -2.36. The van der Waals surface area contributed by atoms with Gasteiger partial charge >= 0.3 is 0 Å². The lowest BCUT2D eigenvalue weighted by Crippen LogP contribution is -2.51. The fourth-order valence-electron chi connectivity index (χ4n) is 3.31. The molecule has 0 unspecified atom stereocenters. The van der Waals surface area contributed by atoms with Crippen LogP contribution in [0.4, 0.5) is 5.69 Å². The second-order valence-corrected chi connectivity index (χ2v) is 6.65. The summed E-state index contributed by atoms with van der Waals surface area (Å²) in [6.45, 7) is 7.00. The van der Waals surface area contributed by atoms with Gasteiger partial charge in [0, 0.05) is 37.4 Å². The molecule has 0 aromatic heterocycles. The highest BCUT2D eigenvalue weighted by Crippen LogP contribution is 2.20. The summed E-state index contributed by atoms with van der Waals surface area (Å²) in [6.07, 6.45) is 0. The molecule has 0 spiro atoms. The summed E-state index contributed by atoms with van der Waals surface area (Å²) in [6, 6.07) is 15.7. The lowest BCUT2D eigenvalue weighted by atomic mass is 10.1. The molecule has 2 aromatic carbocycles. The van der Waals surface area contributed by atoms with Crippen molar-refractivity contribution >= 4 is 17.5 Å². The van der Waals surface area contributed by atoms with Gasteiger partial charge in [0.05, 0.1) is 6.54 Å². The molecule has 0 aliphatic carbocycles. The maximum Gasteiger partial charge on any atom is 0.251 e. The number of carbonyl (C=O) groups is 2. The van der Waals surface area contributed by atoms with Crippen LogP contribution in [-0.4, -0.2) is 49.4 Å². The van der Waals surface area contributed by atoms with Gasteiger partial charge in [-0.05, 0) is 37.1 Å². The minimum atomic E-state index is -0.199. The molecule has 26 heavy (non-hydrogen) atoms. The molecule has 3 rings (SSSR count). The third-order valence-electron chi connectivity index (χ3n) is 4.88. The molecule has 2 amide bonds. The average molecular weight is 351 g/mol. The smallest absolute Gasteiger partial charge is 0.251 e. The van der Waals surface area contributed by atoms with Crippen LogP contribution in [0.3, 0.4) is 0 Å². The Morgan fingerprint density at radius 2 is 1.50 bits per heavy atom. The number of nitrogens with one attached hydrogen (secondary N) is 1. The van der Waals surface area contributed by atoms with Crippen molar-refractivity contribution in [2.24, 2.45) is 0 Å². The van der Waals surface area contributed by atoms with Crippen LogP contribution in [0.2, 0.25) is 0 Å². The van der Waals surface area contributed by atoms with Crippen molar-refractivity contribution in [2.75, 3.05) is 37.6 Å². The average Bonchev–Trinajstić information content (AvgIpc) is 2.67. The Morgan fingerprint density at radius 1 is 0.885 bits per heavy atom. The number of hydrogen-bond donors (Lipinski definition) is 1. The molecule has 0 saturated carbocycles. The second kappa shape index (κ2) is 8.04. The molecule has 136 valence electrons. The van der Waals surface area contributed by atoms with E-state index in [0.717, 1.165) is 18.7 Å². The SMILES string of the molecule is Cc1ccccc1C(=O)NCC(=O)N1CCN(c2ccccc2C)CC1. The number of aryl methyl sites for hydroxylation is 2. The van der Waals surface area contributed by atoms with E-state index < -0.39 is 0 Å². The van der Waals surface area contributed by atoms with E-state index in [0.29, 0.717) is 18.7 Å². The zero-order valence-electron chi connectivity index (χ0n) is 15.4. The molecule has 5 heteroatoms. The van der Waals surface area contributed by atoms with Crippen molar-refractivity contribution in [3.63, 3.8) is 0 Å². The van der Waals surface area contributed by atoms with Gasteiger partial charge in [0.15, 0.2) is 0 Å². The van der Waals surface area contributed by atoms with Crippen LogP contribution in [0.1, 0.15) is 21.5 Å². The third kappa shape index (κ3) is 4.04. The first kappa shape index (κ1) is 18.0. The molecular formula is C21H25N3O2. The molecule has 0 radical (unpaired) electrons. The minimum Gasteiger partial charge on any atom is -0.368 e. The molecule has 1 fully saturated rings. The van der Waals surface area contributed by atoms with E-state index in [2.05, 4.69) is 29.3 Å². The van der Waals surface area contributed by atoms with E-state index in [4.69, 9.17) is 0 Å². The summed E-state index contributed by atoms with van der Waals surface area (Å²) >= 11 is 0. The Bertz CT molecular complexity index is 795. The van der Waals surface area contributed by atoms with Crippen molar-refractivity contribution < 1.29 is 9.59 Å². The monoisotopic (exact) mass is 351 g/mol. The van der Waals surface area contributed by atoms with E-state index in [1.807, 2.05) is 42.2 Å². The maximum absolute atomic E-state index is 12.4. The highest BCUT2D eigenvalue weighted by Gasteiger charge is 2.22. The van der Waals surface area contributed by atoms with Crippen molar-refractivity contribution in [2.45, 2.75) is 13.8 Å². The fraction of sp³-hybridized carbons (Fsp3) is 0.333. The number of nitrogens with zero attached hydrogens (tertiary/aromatic N) is 2. The third-order valence-corrected chi connectivity index (χ3v) is 4.88. The van der Waals surface area contributed by atoms with Gasteiger partial charge in [0.1, 0.15) is 0 Å². The van der Waals surface area contributed by atoms with Crippen LogP contribution in [0.15, 0.2) is 48.5 Å². The molecule has 0 atom stereocenters. The first-order valence-electron chi connectivity index (χ1n) is 8.98. The number of carbonyl (C=O) groups excluding carboxylic acids is 2. The molecule has 1 N–H and O–H groups in total. The minimum absolute atomic E-state index is 0.0311. The fourth-order valence-corrected chi connectivity index (χ4v) is 3.31. The highest BCUT2D eigenvalue weighted by molar-refractivity contribution is 5.97. The molecule has 1 saturated heterocycles. The van der Waals surface area contributed by atoms with Crippen molar-refractivity contribution in [3.8, 4) is 0 Å². The van der Waals surface area contributed by atoms with Gasteiger partial charge in [-0.2, -0.15) is 0 Å². The van der Waals surface area contributed by atoms with Gasteiger partial charge in [0.25, 0.3) is 5.91 Å². The standard InChI is InChI=1S/C21H25N3O2/c1-16-7-3-5-9-18(16)21(26)22-15-20(25)24-13-11-23(12-14-24)19-10-6-4-8-17(19)2/h3-10H,11-15H2,1-2H3,(H,22,26). The molecule has 1 aliphatic heterocycles. The summed E-state index contributed by atoms with van der Waals surface area (Å²) in [5.74, 6) is -0.230. The van der Waals surface area contributed by atoms with Crippen LogP contribution >= 0.6 is 0 Å². The van der Waals surface area contributed by atoms with Crippen LogP contribution in [0.25, 0.3) is 0 Å². The van der Waals surface area contributed by atoms with Crippen LogP contribution in [0, 0.1) is 13.8 Å². The Labute approximate surface area is 154 Å². The molecule has 1 aliphatic rings. The summed E-state index contributed by atoms with van der Waals surface area (Å²) in [4.78, 5) is 28.8. The maximum atomic E-state index is 12.4. The number of piperazine rings is 1. The summed E-state index contributed by atoms with van der Waals surface area (Å²) in [7, 11) is 0. The number of benzene rings is 2. The second-order valence-electron chi connectivity index (χ2n) is 6.65. The quantitative estimate of drug-likeness (QED) is 0.920. The summed E-state index contributed by atoms with van der Waals surface area (Å²) < 4.78 is 0. The highest BCUT2D eigenvalue weighted by atomic mass is 16.2. The zero-order chi connectivity index (χ0) is 18.5. The van der Waals surface area contributed by atoms with Gasteiger partial charge in [-0.1, -0.05) is 36.4 Å². The predicted octanol–water partition coefficient (Wildman–Crippen LogP) is 2.38. The summed E-state index contributed by atoms with van der Waals surface area (Å²) in [5, 5.41) is 2.75. The molecule has 1 heterocycles. The summed E-state index contributed by atoms with van der Waals surface area (Å²) in [5.41, 5.74) is 4.00. The first-order chi connectivity index (χ1) is 12.6. The van der Waals surface area contributed by atoms with E-state index in [-0.39, 0.29) is 18.4 Å². The van der Waals surface area contributed by atoms with E-state index in [9.17, 15) is 9.59 Å². The molecular weight excluding hydrogens is 326 g/mol. The van der Waals surface area contributed by atoms with Crippen molar-refractivity contribution in [3.05, 3.63) is 65.2 Å². The van der Waals surface area contributed by atoms with Crippen LogP contribution in [0.5, 0.6) is 0 Å². The van der Waals surface area contributed by atoms with Gasteiger partial charge in [0.2, 0.25) is 5.91 Å². The Hall–Kier alpha value is -2.82. The van der Waals surface area contributed by atoms with E-state index >= 15 is 0 Å². The van der Waals surface area contributed by atoms with Crippen LogP contribution < -0.4 is 10.2 Å². The molecule has 2 aromatic rings. The number of rotatable bonds is 4. The topological polar surface area (TPSA) is 52.7 Å². The Kier molecular flexibility index (Phi) is 5.56. The Balaban J connectivity index is 1.50. The molecule has 0 bridgehead atoms. The van der Waals surface area contributed by atoms with Crippen LogP contribution in [-0.2, 0) is 4.79 Å². The van der Waals surface area contributed by atoms with Crippen molar-refractivity contribution in [1.82, 2.24) is 10.2 Å². The number of anilines is 1. The van der Waals surface area contributed by atoms with Gasteiger partial charge in [-0.15, -0.1) is 0 Å². The first-order valence-corrected chi connectivity index (χ1v) is 8.98. The normalized spacial score (nSPS) is 14.2. The lowest BCUT2D eigenvalue weighted by molar-refractivity contribution is -0.130. The molecule has 5 nitrogen and oxygen atoms in total. The zero-order valence-corrected chi connectivity index (χ0v) is 15.4. The van der Waals surface area contributed by atoms with Gasteiger partial charge in [-0.3, -0.25) is 9.59 Å². The van der Waals surface area contributed by atoms with E-state index in [1.165, 1.54) is 11.3 Å². The largest absolute Gasteiger partial charge is 0.368 e. The Morgan fingerprint density at radius 3 is 2.15 bits per heavy atom. The van der Waals surface area contributed by atoms with Gasteiger partial charge < -0.3 is 15.1 Å². The van der Waals surface area contributed by atoms with Gasteiger partial charge in [-0.25, -0.2) is 0 Å². The van der Waals surface area contributed by atoms with Crippen molar-refractivity contribution in [1.29, 1.82) is 0 Å². The van der Waals surface area contributed by atoms with E-state index in [1.54, 1.807) is 6.07 Å². The number of amides is 2. The number of hydrogen-bond acceptors (Lipinski definition) is 3.